The molecule has 1 aliphatic heterocycles. The van der Waals surface area contributed by atoms with Gasteiger partial charge in [0.2, 0.25) is 0 Å². The highest BCUT2D eigenvalue weighted by Crippen LogP contribution is 2.48. The lowest BCUT2D eigenvalue weighted by atomic mass is 9.91. The van der Waals surface area contributed by atoms with Gasteiger partial charge in [-0.25, -0.2) is 0 Å². The first-order valence-corrected chi connectivity index (χ1v) is 14.7. The molecule has 3 nitrogen and oxygen atoms in total. The Hall–Kier alpha value is -5.54. The smallest absolute Gasteiger partial charge is 0.0892 e. The van der Waals surface area contributed by atoms with E-state index in [1.165, 1.54) is 33.6 Å². The number of fused-ring (bicyclic) bond motifs is 3. The fraction of sp³-hybridized carbons (Fsp3) is 0.0500. The zero-order chi connectivity index (χ0) is 28.6. The topological polar surface area (TPSA) is 29.0 Å². The fourth-order valence-corrected chi connectivity index (χ4v) is 6.43. The minimum atomic E-state index is 0.285. The van der Waals surface area contributed by atoms with Crippen molar-refractivity contribution >= 4 is 11.4 Å². The number of aromatic nitrogens is 2. The van der Waals surface area contributed by atoms with Gasteiger partial charge in [0.15, 0.2) is 0 Å². The van der Waals surface area contributed by atoms with Crippen molar-refractivity contribution in [3.8, 4) is 44.8 Å². The van der Waals surface area contributed by atoms with E-state index in [4.69, 9.17) is 0 Å². The van der Waals surface area contributed by atoms with E-state index in [0.29, 0.717) is 5.92 Å². The SMILES string of the molecule is C1=CC2c3ccccc3N(c3cccc(-c4cccc(-c5ccnc(-c6cc(-c7ccccc7)ccn6)c5)c4)c3)C2C=C1. The summed E-state index contributed by atoms with van der Waals surface area (Å²) in [4.78, 5) is 11.8. The Kier molecular flexibility index (Phi) is 6.27. The molecule has 0 saturated carbocycles. The molecule has 4 aromatic carbocycles. The van der Waals surface area contributed by atoms with Crippen LogP contribution in [0.3, 0.4) is 0 Å². The molecule has 2 unspecified atom stereocenters. The van der Waals surface area contributed by atoms with Crippen LogP contribution in [-0.2, 0) is 0 Å². The lowest BCUT2D eigenvalue weighted by Crippen LogP contribution is -2.28. The van der Waals surface area contributed by atoms with E-state index in [1.807, 2.05) is 24.5 Å². The lowest BCUT2D eigenvalue weighted by molar-refractivity contribution is 0.745. The summed E-state index contributed by atoms with van der Waals surface area (Å²) < 4.78 is 0. The summed E-state index contributed by atoms with van der Waals surface area (Å²) in [5, 5.41) is 0. The van der Waals surface area contributed by atoms with Gasteiger partial charge >= 0.3 is 0 Å². The first-order valence-electron chi connectivity index (χ1n) is 14.7. The van der Waals surface area contributed by atoms with E-state index in [9.17, 15) is 0 Å². The van der Waals surface area contributed by atoms with Gasteiger partial charge in [0, 0.05) is 29.7 Å². The largest absolute Gasteiger partial charge is 0.333 e. The number of allylic oxidation sites excluding steroid dienone is 2. The molecule has 0 N–H and O–H groups in total. The highest BCUT2D eigenvalue weighted by atomic mass is 15.2. The average Bonchev–Trinajstić information content (AvgIpc) is 3.43. The highest BCUT2D eigenvalue weighted by Gasteiger charge is 2.36. The molecule has 0 bridgehead atoms. The molecular weight excluding hydrogens is 522 g/mol. The summed E-state index contributed by atoms with van der Waals surface area (Å²) in [5.74, 6) is 0.372. The molecule has 3 heteroatoms. The van der Waals surface area contributed by atoms with Crippen molar-refractivity contribution in [3.05, 3.63) is 170 Å². The Morgan fingerprint density at radius 3 is 1.81 bits per heavy atom. The number of pyridine rings is 2. The molecule has 2 aliphatic rings. The maximum absolute atomic E-state index is 4.68. The van der Waals surface area contributed by atoms with Gasteiger partial charge in [-0.3, -0.25) is 9.97 Å². The van der Waals surface area contributed by atoms with Crippen LogP contribution in [0.15, 0.2) is 164 Å². The third-order valence-corrected chi connectivity index (χ3v) is 8.50. The van der Waals surface area contributed by atoms with Crippen LogP contribution in [0.1, 0.15) is 11.5 Å². The van der Waals surface area contributed by atoms with Crippen LogP contribution < -0.4 is 4.90 Å². The zero-order valence-corrected chi connectivity index (χ0v) is 23.6. The predicted octanol–water partition coefficient (Wildman–Crippen LogP) is 9.87. The Balaban J connectivity index is 1.12. The van der Waals surface area contributed by atoms with Crippen LogP contribution in [0.4, 0.5) is 11.4 Å². The second-order valence-electron chi connectivity index (χ2n) is 11.1. The summed E-state index contributed by atoms with van der Waals surface area (Å²) >= 11 is 0. The molecule has 8 rings (SSSR count). The van der Waals surface area contributed by atoms with Gasteiger partial charge in [0.05, 0.1) is 17.4 Å². The first kappa shape index (κ1) is 25.2. The van der Waals surface area contributed by atoms with Crippen molar-refractivity contribution in [1.82, 2.24) is 9.97 Å². The Bertz CT molecular complexity index is 2010. The first-order chi connectivity index (χ1) is 21.3. The molecule has 2 aromatic heterocycles. The third-order valence-electron chi connectivity index (χ3n) is 8.50. The van der Waals surface area contributed by atoms with Gasteiger partial charge in [0.25, 0.3) is 0 Å². The van der Waals surface area contributed by atoms with Crippen LogP contribution in [-0.4, -0.2) is 16.0 Å². The summed E-state index contributed by atoms with van der Waals surface area (Å²) in [7, 11) is 0. The minimum Gasteiger partial charge on any atom is -0.333 e. The van der Waals surface area contributed by atoms with Crippen molar-refractivity contribution in [2.24, 2.45) is 0 Å². The van der Waals surface area contributed by atoms with E-state index in [-0.39, 0.29) is 6.04 Å². The van der Waals surface area contributed by atoms with Crippen molar-refractivity contribution < 1.29 is 0 Å². The molecular formula is C40H29N3. The number of nitrogens with zero attached hydrogens (tertiary/aromatic N) is 3. The Labute approximate surface area is 252 Å². The number of hydrogen-bond acceptors (Lipinski definition) is 3. The number of para-hydroxylation sites is 1. The molecule has 204 valence electrons. The summed E-state index contributed by atoms with van der Waals surface area (Å²) in [6.45, 7) is 0. The van der Waals surface area contributed by atoms with Crippen LogP contribution >= 0.6 is 0 Å². The standard InChI is InChI=1S/C40H29N3/c1-2-10-28(11-3-1)32-20-22-41-37(26-32)38-27-33(21-23-42-38)30-13-8-12-29(24-30)31-14-9-15-34(25-31)43-39-18-6-4-16-35(39)36-17-5-7-19-40(36)43/h1-27,35,39H. The van der Waals surface area contributed by atoms with E-state index < -0.39 is 0 Å². The summed E-state index contributed by atoms with van der Waals surface area (Å²) in [6.07, 6.45) is 12.7. The number of hydrogen-bond donors (Lipinski definition) is 0. The highest BCUT2D eigenvalue weighted by molar-refractivity contribution is 5.81. The van der Waals surface area contributed by atoms with Crippen LogP contribution in [0, 0.1) is 0 Å². The molecule has 6 aromatic rings. The number of rotatable bonds is 5. The summed E-state index contributed by atoms with van der Waals surface area (Å²) in [6, 6.07) is 45.5. The second-order valence-corrected chi connectivity index (χ2v) is 11.1. The third kappa shape index (κ3) is 4.65. The number of benzene rings is 4. The molecule has 3 heterocycles. The molecule has 0 amide bonds. The van der Waals surface area contributed by atoms with Gasteiger partial charge < -0.3 is 4.90 Å². The van der Waals surface area contributed by atoms with Crippen LogP contribution in [0.2, 0.25) is 0 Å². The van der Waals surface area contributed by atoms with Crippen molar-refractivity contribution in [2.45, 2.75) is 12.0 Å². The van der Waals surface area contributed by atoms with E-state index in [2.05, 4.69) is 154 Å². The lowest BCUT2D eigenvalue weighted by Gasteiger charge is -2.29. The molecule has 0 radical (unpaired) electrons. The minimum absolute atomic E-state index is 0.285. The van der Waals surface area contributed by atoms with Gasteiger partial charge in [-0.05, 0) is 87.5 Å². The van der Waals surface area contributed by atoms with E-state index in [1.54, 1.807) is 0 Å². The van der Waals surface area contributed by atoms with Crippen LogP contribution in [0.25, 0.3) is 44.8 Å². The fourth-order valence-electron chi connectivity index (χ4n) is 6.43. The Morgan fingerprint density at radius 1 is 0.465 bits per heavy atom. The zero-order valence-electron chi connectivity index (χ0n) is 23.6. The van der Waals surface area contributed by atoms with Crippen molar-refractivity contribution in [1.29, 1.82) is 0 Å². The predicted molar refractivity (Wildman–Crippen MR) is 177 cm³/mol. The molecule has 2 atom stereocenters. The van der Waals surface area contributed by atoms with E-state index in [0.717, 1.165) is 28.1 Å². The quantitative estimate of drug-likeness (QED) is 0.213. The molecule has 43 heavy (non-hydrogen) atoms. The second kappa shape index (κ2) is 10.7. The normalized spacial score (nSPS) is 16.6. The van der Waals surface area contributed by atoms with Crippen molar-refractivity contribution in [3.63, 3.8) is 0 Å². The van der Waals surface area contributed by atoms with Gasteiger partial charge in [-0.15, -0.1) is 0 Å². The van der Waals surface area contributed by atoms with Gasteiger partial charge in [-0.1, -0.05) is 103 Å². The van der Waals surface area contributed by atoms with Gasteiger partial charge in [-0.2, -0.15) is 0 Å². The molecule has 0 saturated heterocycles. The molecule has 0 spiro atoms. The number of anilines is 2. The maximum Gasteiger partial charge on any atom is 0.0892 e. The van der Waals surface area contributed by atoms with Crippen molar-refractivity contribution in [2.75, 3.05) is 4.90 Å². The molecule has 1 aliphatic carbocycles. The monoisotopic (exact) mass is 551 g/mol. The Morgan fingerprint density at radius 2 is 1.05 bits per heavy atom. The van der Waals surface area contributed by atoms with Crippen LogP contribution in [0.5, 0.6) is 0 Å². The van der Waals surface area contributed by atoms with E-state index >= 15 is 0 Å². The average molecular weight is 552 g/mol. The maximum atomic E-state index is 4.68. The summed E-state index contributed by atoms with van der Waals surface area (Å²) in [5.41, 5.74) is 12.6. The molecule has 0 fully saturated rings. The van der Waals surface area contributed by atoms with Gasteiger partial charge in [0.1, 0.15) is 0 Å².